The normalized spacial score (nSPS) is 26.6. The highest BCUT2D eigenvalue weighted by Gasteiger charge is 2.33. The molecule has 2 N–H and O–H groups in total. The summed E-state index contributed by atoms with van der Waals surface area (Å²) in [4.78, 5) is 0. The standard InChI is InChI=1S/C14H28N2/c1-6-14(5,10(2)3)8-11(4)12-7-13(15)16-9-12/h10-12H,6-9H2,1-5H3,(H2,15,16). The molecule has 1 heterocycles. The van der Waals surface area contributed by atoms with E-state index in [2.05, 4.69) is 39.9 Å². The van der Waals surface area contributed by atoms with E-state index < -0.39 is 0 Å². The van der Waals surface area contributed by atoms with Gasteiger partial charge in [-0.3, -0.25) is 5.41 Å². The Kier molecular flexibility index (Phi) is 4.40. The molecule has 0 aromatic carbocycles. The minimum Gasteiger partial charge on any atom is -0.374 e. The molecule has 0 aliphatic carbocycles. The fourth-order valence-corrected chi connectivity index (χ4v) is 2.75. The lowest BCUT2D eigenvalue weighted by atomic mass is 9.69. The van der Waals surface area contributed by atoms with Crippen molar-refractivity contribution in [3.63, 3.8) is 0 Å². The van der Waals surface area contributed by atoms with Crippen LogP contribution in [0.2, 0.25) is 0 Å². The summed E-state index contributed by atoms with van der Waals surface area (Å²) in [5, 5.41) is 10.8. The van der Waals surface area contributed by atoms with E-state index >= 15 is 0 Å². The van der Waals surface area contributed by atoms with Gasteiger partial charge in [0.2, 0.25) is 0 Å². The second-order valence-corrected chi connectivity index (χ2v) is 6.17. The predicted octanol–water partition coefficient (Wildman–Crippen LogP) is 3.67. The topological polar surface area (TPSA) is 35.9 Å². The Morgan fingerprint density at radius 3 is 2.44 bits per heavy atom. The maximum absolute atomic E-state index is 7.62. The van der Waals surface area contributed by atoms with Gasteiger partial charge in [-0.25, -0.2) is 0 Å². The lowest BCUT2D eigenvalue weighted by molar-refractivity contribution is 0.139. The molecule has 2 heteroatoms. The van der Waals surface area contributed by atoms with Crippen LogP contribution in [0.5, 0.6) is 0 Å². The number of hydrogen-bond acceptors (Lipinski definition) is 1. The van der Waals surface area contributed by atoms with Crippen LogP contribution in [0.25, 0.3) is 0 Å². The highest BCUT2D eigenvalue weighted by molar-refractivity contribution is 5.81. The van der Waals surface area contributed by atoms with Crippen molar-refractivity contribution in [1.82, 2.24) is 5.32 Å². The number of hydrogen-bond donors (Lipinski definition) is 2. The van der Waals surface area contributed by atoms with Crippen molar-refractivity contribution in [2.75, 3.05) is 6.54 Å². The zero-order valence-electron chi connectivity index (χ0n) is 11.6. The number of amidine groups is 1. The van der Waals surface area contributed by atoms with Gasteiger partial charge in [0, 0.05) is 13.0 Å². The van der Waals surface area contributed by atoms with Gasteiger partial charge in [-0.2, -0.15) is 0 Å². The molecule has 0 radical (unpaired) electrons. The molecule has 0 aromatic heterocycles. The van der Waals surface area contributed by atoms with E-state index in [-0.39, 0.29) is 0 Å². The van der Waals surface area contributed by atoms with Gasteiger partial charge in [-0.05, 0) is 29.6 Å². The SMILES string of the molecule is CCC(C)(CC(C)C1CNC(=N)C1)C(C)C. The minimum absolute atomic E-state index is 0.462. The fraction of sp³-hybridized carbons (Fsp3) is 0.929. The summed E-state index contributed by atoms with van der Waals surface area (Å²) in [7, 11) is 0. The third-order valence-corrected chi connectivity index (χ3v) is 4.84. The van der Waals surface area contributed by atoms with Gasteiger partial charge in [0.1, 0.15) is 0 Å². The third-order valence-electron chi connectivity index (χ3n) is 4.84. The van der Waals surface area contributed by atoms with Gasteiger partial charge in [-0.1, -0.05) is 41.0 Å². The molecule has 1 aliphatic heterocycles. The molecular weight excluding hydrogens is 196 g/mol. The molecule has 1 aliphatic rings. The largest absolute Gasteiger partial charge is 0.374 e. The molecule has 0 bridgehead atoms. The molecule has 16 heavy (non-hydrogen) atoms. The van der Waals surface area contributed by atoms with Crippen LogP contribution in [0.1, 0.15) is 53.9 Å². The molecule has 0 aromatic rings. The van der Waals surface area contributed by atoms with Crippen LogP contribution in [-0.2, 0) is 0 Å². The zero-order valence-corrected chi connectivity index (χ0v) is 11.6. The summed E-state index contributed by atoms with van der Waals surface area (Å²) in [6.45, 7) is 12.8. The van der Waals surface area contributed by atoms with E-state index in [9.17, 15) is 0 Å². The Morgan fingerprint density at radius 2 is 2.06 bits per heavy atom. The third kappa shape index (κ3) is 2.99. The van der Waals surface area contributed by atoms with Crippen molar-refractivity contribution in [1.29, 1.82) is 5.41 Å². The first-order valence-electron chi connectivity index (χ1n) is 6.70. The van der Waals surface area contributed by atoms with Gasteiger partial charge in [0.25, 0.3) is 0 Å². The molecule has 1 rings (SSSR count). The fourth-order valence-electron chi connectivity index (χ4n) is 2.75. The van der Waals surface area contributed by atoms with Crippen molar-refractivity contribution in [2.45, 2.75) is 53.9 Å². The first-order chi connectivity index (χ1) is 7.39. The van der Waals surface area contributed by atoms with Crippen LogP contribution in [-0.4, -0.2) is 12.4 Å². The summed E-state index contributed by atoms with van der Waals surface area (Å²) in [5.74, 6) is 2.88. The van der Waals surface area contributed by atoms with Gasteiger partial charge in [0.15, 0.2) is 0 Å². The summed E-state index contributed by atoms with van der Waals surface area (Å²) >= 11 is 0. The molecule has 2 nitrogen and oxygen atoms in total. The van der Waals surface area contributed by atoms with Crippen LogP contribution in [0.3, 0.4) is 0 Å². The Balaban J connectivity index is 2.55. The average Bonchev–Trinajstić information content (AvgIpc) is 2.64. The van der Waals surface area contributed by atoms with E-state index in [1.165, 1.54) is 12.8 Å². The zero-order chi connectivity index (χ0) is 12.3. The van der Waals surface area contributed by atoms with E-state index in [1.807, 2.05) is 0 Å². The molecule has 1 saturated heterocycles. The monoisotopic (exact) mass is 224 g/mol. The van der Waals surface area contributed by atoms with Crippen LogP contribution in [0.4, 0.5) is 0 Å². The van der Waals surface area contributed by atoms with Crippen LogP contribution in [0.15, 0.2) is 0 Å². The second-order valence-electron chi connectivity index (χ2n) is 6.17. The van der Waals surface area contributed by atoms with Crippen LogP contribution >= 0.6 is 0 Å². The summed E-state index contributed by atoms with van der Waals surface area (Å²) < 4.78 is 0. The van der Waals surface area contributed by atoms with Gasteiger partial charge >= 0.3 is 0 Å². The van der Waals surface area contributed by atoms with Crippen molar-refractivity contribution in [3.8, 4) is 0 Å². The molecule has 3 unspecified atom stereocenters. The van der Waals surface area contributed by atoms with Gasteiger partial charge < -0.3 is 5.32 Å². The summed E-state index contributed by atoms with van der Waals surface area (Å²) in [5.41, 5.74) is 0.462. The van der Waals surface area contributed by atoms with Crippen molar-refractivity contribution in [3.05, 3.63) is 0 Å². The quantitative estimate of drug-likeness (QED) is 0.734. The Labute approximate surface area is 101 Å². The first kappa shape index (κ1) is 13.5. The van der Waals surface area contributed by atoms with Crippen molar-refractivity contribution in [2.24, 2.45) is 23.2 Å². The summed E-state index contributed by atoms with van der Waals surface area (Å²) in [6, 6.07) is 0. The highest BCUT2D eigenvalue weighted by Crippen LogP contribution is 2.40. The Bertz CT molecular complexity index is 247. The molecule has 0 saturated carbocycles. The average molecular weight is 224 g/mol. The van der Waals surface area contributed by atoms with E-state index in [1.54, 1.807) is 0 Å². The molecular formula is C14H28N2. The molecule has 94 valence electrons. The molecule has 3 atom stereocenters. The lowest BCUT2D eigenvalue weighted by Gasteiger charge is -2.36. The minimum atomic E-state index is 0.462. The maximum Gasteiger partial charge on any atom is 0.0935 e. The first-order valence-corrected chi connectivity index (χ1v) is 6.70. The molecule has 1 fully saturated rings. The lowest BCUT2D eigenvalue weighted by Crippen LogP contribution is -2.28. The maximum atomic E-state index is 7.62. The predicted molar refractivity (Wildman–Crippen MR) is 70.9 cm³/mol. The molecule has 0 amide bonds. The number of nitrogens with one attached hydrogen (secondary N) is 2. The van der Waals surface area contributed by atoms with Crippen molar-refractivity contribution >= 4 is 5.84 Å². The van der Waals surface area contributed by atoms with Gasteiger partial charge in [0.05, 0.1) is 5.84 Å². The molecule has 0 spiro atoms. The van der Waals surface area contributed by atoms with E-state index in [0.29, 0.717) is 11.3 Å². The summed E-state index contributed by atoms with van der Waals surface area (Å²) in [6.07, 6.45) is 3.51. The van der Waals surface area contributed by atoms with E-state index in [4.69, 9.17) is 5.41 Å². The Hall–Kier alpha value is -0.530. The van der Waals surface area contributed by atoms with Crippen LogP contribution in [0, 0.1) is 28.6 Å². The van der Waals surface area contributed by atoms with E-state index in [0.717, 1.165) is 30.6 Å². The second kappa shape index (κ2) is 5.20. The Morgan fingerprint density at radius 1 is 1.44 bits per heavy atom. The van der Waals surface area contributed by atoms with Crippen LogP contribution < -0.4 is 5.32 Å². The highest BCUT2D eigenvalue weighted by atomic mass is 15.0. The number of rotatable bonds is 5. The van der Waals surface area contributed by atoms with Crippen molar-refractivity contribution < 1.29 is 0 Å². The van der Waals surface area contributed by atoms with Gasteiger partial charge in [-0.15, -0.1) is 0 Å². The smallest absolute Gasteiger partial charge is 0.0935 e.